The highest BCUT2D eigenvalue weighted by molar-refractivity contribution is 5.44. The zero-order chi connectivity index (χ0) is 14.9. The lowest BCUT2D eigenvalue weighted by Gasteiger charge is -2.17. The fraction of sp³-hybridized carbons (Fsp3) is 0.583. The summed E-state index contributed by atoms with van der Waals surface area (Å²) in [5.74, 6) is -0.721. The van der Waals surface area contributed by atoms with Crippen molar-refractivity contribution in [1.82, 2.24) is 25.1 Å². The Labute approximate surface area is 118 Å². The van der Waals surface area contributed by atoms with E-state index in [1.807, 2.05) is 0 Å². The van der Waals surface area contributed by atoms with E-state index >= 15 is 0 Å². The van der Waals surface area contributed by atoms with E-state index in [1.54, 1.807) is 6.07 Å². The average molecular weight is 300 g/mol. The number of nitrogens with one attached hydrogen (secondary N) is 2. The zero-order valence-corrected chi connectivity index (χ0v) is 11.2. The maximum absolute atomic E-state index is 12.8. The molecule has 0 amide bonds. The normalized spacial score (nSPS) is 20.4. The molecule has 1 aliphatic rings. The van der Waals surface area contributed by atoms with Crippen molar-refractivity contribution in [1.29, 1.82) is 0 Å². The summed E-state index contributed by atoms with van der Waals surface area (Å²) in [6.07, 6.45) is -1.43. The largest absolute Gasteiger partial charge is 0.453 e. The Hall–Kier alpha value is -1.90. The number of anilines is 1. The van der Waals surface area contributed by atoms with Crippen LogP contribution in [0, 0.1) is 0 Å². The van der Waals surface area contributed by atoms with Crippen LogP contribution in [0.3, 0.4) is 0 Å². The fourth-order valence-electron chi connectivity index (χ4n) is 2.39. The predicted octanol–water partition coefficient (Wildman–Crippen LogP) is 1.70. The van der Waals surface area contributed by atoms with Crippen LogP contribution in [-0.2, 0) is 6.18 Å². The monoisotopic (exact) mass is 300 g/mol. The molecule has 2 aromatic rings. The molecule has 9 heteroatoms. The summed E-state index contributed by atoms with van der Waals surface area (Å²) < 4.78 is 39.1. The van der Waals surface area contributed by atoms with Gasteiger partial charge in [0, 0.05) is 12.6 Å². The molecule has 21 heavy (non-hydrogen) atoms. The maximum Gasteiger partial charge on any atom is 0.453 e. The van der Waals surface area contributed by atoms with Gasteiger partial charge >= 0.3 is 6.18 Å². The lowest BCUT2D eigenvalue weighted by Crippen LogP contribution is -2.31. The number of alkyl halides is 3. The third-order valence-electron chi connectivity index (χ3n) is 3.42. The Morgan fingerprint density at radius 1 is 1.24 bits per heavy atom. The molecule has 3 heterocycles. The highest BCUT2D eigenvalue weighted by Gasteiger charge is 2.37. The molecule has 0 spiro atoms. The molecule has 0 aliphatic carbocycles. The highest BCUT2D eigenvalue weighted by atomic mass is 19.4. The summed E-state index contributed by atoms with van der Waals surface area (Å²) in [6, 6.07) is 3.25. The minimum Gasteiger partial charge on any atom is -0.365 e. The summed E-state index contributed by atoms with van der Waals surface area (Å²) in [4.78, 5) is 0. The van der Waals surface area contributed by atoms with Gasteiger partial charge in [0.25, 0.3) is 5.82 Å². The van der Waals surface area contributed by atoms with E-state index in [0.717, 1.165) is 36.9 Å². The van der Waals surface area contributed by atoms with Crippen molar-refractivity contribution in [3.63, 3.8) is 0 Å². The van der Waals surface area contributed by atoms with E-state index in [2.05, 4.69) is 25.9 Å². The summed E-state index contributed by atoms with van der Waals surface area (Å²) in [6.45, 7) is 1.74. The van der Waals surface area contributed by atoms with Crippen LogP contribution >= 0.6 is 0 Å². The Morgan fingerprint density at radius 2 is 2.10 bits per heavy atom. The van der Waals surface area contributed by atoms with Gasteiger partial charge in [0.05, 0.1) is 0 Å². The van der Waals surface area contributed by atoms with Gasteiger partial charge in [-0.3, -0.25) is 0 Å². The number of halogens is 3. The third-order valence-corrected chi connectivity index (χ3v) is 3.42. The Bertz CT molecular complexity index is 615. The molecular weight excluding hydrogens is 285 g/mol. The lowest BCUT2D eigenvalue weighted by atomic mass is 10.1. The molecule has 0 bridgehead atoms. The van der Waals surface area contributed by atoms with Crippen molar-refractivity contribution in [2.24, 2.45) is 0 Å². The van der Waals surface area contributed by atoms with Gasteiger partial charge in [0.2, 0.25) is 0 Å². The van der Waals surface area contributed by atoms with Crippen molar-refractivity contribution in [2.75, 3.05) is 18.4 Å². The van der Waals surface area contributed by atoms with Crippen LogP contribution in [0.1, 0.15) is 25.1 Å². The maximum atomic E-state index is 12.8. The van der Waals surface area contributed by atoms with Gasteiger partial charge in [-0.2, -0.15) is 17.7 Å². The van der Waals surface area contributed by atoms with E-state index in [0.29, 0.717) is 5.82 Å². The molecule has 1 unspecified atom stereocenters. The molecule has 3 rings (SSSR count). The van der Waals surface area contributed by atoms with Crippen LogP contribution in [0.4, 0.5) is 19.0 Å². The zero-order valence-electron chi connectivity index (χ0n) is 11.2. The Balaban J connectivity index is 1.86. The molecule has 1 saturated heterocycles. The smallest absolute Gasteiger partial charge is 0.365 e. The van der Waals surface area contributed by atoms with Gasteiger partial charge in [0.15, 0.2) is 5.65 Å². The first-order valence-corrected chi connectivity index (χ1v) is 6.81. The van der Waals surface area contributed by atoms with Crippen LogP contribution in [0.2, 0.25) is 0 Å². The molecular formula is C12H15F3N6. The highest BCUT2D eigenvalue weighted by Crippen LogP contribution is 2.27. The average Bonchev–Trinajstić information content (AvgIpc) is 2.69. The number of nitrogens with zero attached hydrogens (tertiary/aromatic N) is 4. The van der Waals surface area contributed by atoms with E-state index in [4.69, 9.17) is 0 Å². The molecule has 0 radical (unpaired) electrons. The quantitative estimate of drug-likeness (QED) is 0.883. The molecule has 2 aromatic heterocycles. The minimum absolute atomic E-state index is 0.0758. The predicted molar refractivity (Wildman–Crippen MR) is 69.9 cm³/mol. The van der Waals surface area contributed by atoms with Gasteiger partial charge in [-0.25, -0.2) is 0 Å². The van der Waals surface area contributed by atoms with Crippen molar-refractivity contribution in [3.8, 4) is 0 Å². The van der Waals surface area contributed by atoms with E-state index in [1.165, 1.54) is 6.07 Å². The van der Waals surface area contributed by atoms with Crippen molar-refractivity contribution >= 4 is 11.5 Å². The van der Waals surface area contributed by atoms with Crippen LogP contribution in [-0.4, -0.2) is 38.9 Å². The number of hydrogen-bond donors (Lipinski definition) is 2. The molecule has 1 atom stereocenters. The third kappa shape index (κ3) is 3.07. The van der Waals surface area contributed by atoms with Gasteiger partial charge in [-0.05, 0) is 31.5 Å². The first-order chi connectivity index (χ1) is 10.0. The first-order valence-electron chi connectivity index (χ1n) is 6.81. The number of aromatic nitrogens is 4. The molecule has 2 N–H and O–H groups in total. The standard InChI is InChI=1S/C12H15F3N6/c13-12(14,15)11-19-18-10-5-4-9(20-21(10)11)17-8-3-1-2-6-16-7-8/h4-5,8,16H,1-3,6-7H2,(H,17,20). The molecule has 6 nitrogen and oxygen atoms in total. The summed E-state index contributed by atoms with van der Waals surface area (Å²) in [5, 5.41) is 17.0. The van der Waals surface area contributed by atoms with Crippen LogP contribution in [0.25, 0.3) is 5.65 Å². The van der Waals surface area contributed by atoms with Crippen LogP contribution < -0.4 is 10.6 Å². The summed E-state index contributed by atoms with van der Waals surface area (Å²) in [5.41, 5.74) is 0.0758. The number of rotatable bonds is 2. The van der Waals surface area contributed by atoms with Crippen molar-refractivity contribution in [2.45, 2.75) is 31.5 Å². The molecule has 0 aromatic carbocycles. The van der Waals surface area contributed by atoms with E-state index < -0.39 is 12.0 Å². The minimum atomic E-state index is -4.57. The van der Waals surface area contributed by atoms with Crippen molar-refractivity contribution in [3.05, 3.63) is 18.0 Å². The summed E-state index contributed by atoms with van der Waals surface area (Å²) >= 11 is 0. The Morgan fingerprint density at radius 3 is 2.90 bits per heavy atom. The van der Waals surface area contributed by atoms with E-state index in [9.17, 15) is 13.2 Å². The SMILES string of the molecule is FC(F)(F)c1nnc2ccc(NC3CCCCNC3)nn12. The van der Waals surface area contributed by atoms with Gasteiger partial charge in [-0.15, -0.1) is 15.3 Å². The van der Waals surface area contributed by atoms with Crippen LogP contribution in [0.15, 0.2) is 12.1 Å². The van der Waals surface area contributed by atoms with Gasteiger partial charge in [0.1, 0.15) is 5.82 Å². The van der Waals surface area contributed by atoms with Gasteiger partial charge < -0.3 is 10.6 Å². The Kier molecular flexibility index (Phi) is 3.66. The summed E-state index contributed by atoms with van der Waals surface area (Å²) in [7, 11) is 0. The van der Waals surface area contributed by atoms with Crippen LogP contribution in [0.5, 0.6) is 0 Å². The second-order valence-corrected chi connectivity index (χ2v) is 5.05. The van der Waals surface area contributed by atoms with E-state index in [-0.39, 0.29) is 11.7 Å². The second-order valence-electron chi connectivity index (χ2n) is 5.05. The first kappa shape index (κ1) is 14.1. The molecule has 1 fully saturated rings. The number of hydrogen-bond acceptors (Lipinski definition) is 5. The molecule has 0 saturated carbocycles. The molecule has 1 aliphatic heterocycles. The second kappa shape index (κ2) is 5.47. The molecule has 114 valence electrons. The fourth-order valence-corrected chi connectivity index (χ4v) is 2.39. The van der Waals surface area contributed by atoms with Crippen molar-refractivity contribution < 1.29 is 13.2 Å². The lowest BCUT2D eigenvalue weighted by molar-refractivity contribution is -0.146. The topological polar surface area (TPSA) is 67.1 Å². The van der Waals surface area contributed by atoms with Gasteiger partial charge in [-0.1, -0.05) is 6.42 Å². The number of fused-ring (bicyclic) bond motifs is 1.